The van der Waals surface area contributed by atoms with E-state index < -0.39 is 0 Å². The maximum absolute atomic E-state index is 12.8. The van der Waals surface area contributed by atoms with Crippen LogP contribution >= 0.6 is 0 Å². The molecule has 2 aromatic heterocycles. The van der Waals surface area contributed by atoms with Crippen LogP contribution in [0.15, 0.2) is 47.4 Å². The van der Waals surface area contributed by atoms with Gasteiger partial charge in [0.2, 0.25) is 5.91 Å². The van der Waals surface area contributed by atoms with Gasteiger partial charge in [-0.15, -0.1) is 0 Å². The second-order valence-electron chi connectivity index (χ2n) is 6.60. The van der Waals surface area contributed by atoms with Gasteiger partial charge in [0.1, 0.15) is 5.82 Å². The smallest absolute Gasteiger partial charge is 0.272 e. The molecule has 1 aliphatic heterocycles. The fourth-order valence-electron chi connectivity index (χ4n) is 3.41. The number of piperazine rings is 1. The summed E-state index contributed by atoms with van der Waals surface area (Å²) in [7, 11) is 0. The van der Waals surface area contributed by atoms with Crippen molar-refractivity contribution in [1.82, 2.24) is 20.1 Å². The van der Waals surface area contributed by atoms with Crippen molar-refractivity contribution in [2.75, 3.05) is 31.1 Å². The van der Waals surface area contributed by atoms with Gasteiger partial charge in [0.15, 0.2) is 0 Å². The number of anilines is 1. The van der Waals surface area contributed by atoms with E-state index in [4.69, 9.17) is 5.26 Å². The fraction of sp³-hybridized carbons (Fsp3) is 0.250. The lowest BCUT2D eigenvalue weighted by atomic mass is 10.1. The van der Waals surface area contributed by atoms with Crippen LogP contribution in [0.3, 0.4) is 0 Å². The van der Waals surface area contributed by atoms with Crippen LogP contribution in [-0.4, -0.2) is 52.2 Å². The van der Waals surface area contributed by atoms with Gasteiger partial charge in [-0.2, -0.15) is 10.4 Å². The number of hydrogen-bond acceptors (Lipinski definition) is 6. The average molecular weight is 374 g/mol. The summed E-state index contributed by atoms with van der Waals surface area (Å²) in [4.78, 5) is 32.8. The molecule has 1 amide bonds. The second-order valence-corrected chi connectivity index (χ2v) is 6.60. The van der Waals surface area contributed by atoms with Crippen LogP contribution in [0.5, 0.6) is 0 Å². The van der Waals surface area contributed by atoms with Crippen molar-refractivity contribution in [3.8, 4) is 6.07 Å². The van der Waals surface area contributed by atoms with Crippen LogP contribution < -0.4 is 10.5 Å². The highest BCUT2D eigenvalue weighted by atomic mass is 16.2. The van der Waals surface area contributed by atoms with Crippen LogP contribution in [0.4, 0.5) is 5.82 Å². The second kappa shape index (κ2) is 7.48. The Kier molecular flexibility index (Phi) is 4.72. The summed E-state index contributed by atoms with van der Waals surface area (Å²) >= 11 is 0. The molecule has 1 aliphatic rings. The van der Waals surface area contributed by atoms with Gasteiger partial charge in [-0.1, -0.05) is 18.2 Å². The highest BCUT2D eigenvalue weighted by Gasteiger charge is 2.23. The number of benzene rings is 1. The zero-order valence-electron chi connectivity index (χ0n) is 15.1. The summed E-state index contributed by atoms with van der Waals surface area (Å²) in [5.41, 5.74) is 0.887. The van der Waals surface area contributed by atoms with E-state index in [0.717, 1.165) is 5.82 Å². The standard InChI is InChI=1S/C20H18N6O2/c21-13-14-5-6-22-18(11-14)25-7-9-26(10-8-25)19(27)12-17-15-3-1-2-4-16(15)20(28)24-23-17/h1-6,11H,7-10,12H2,(H,24,28). The molecule has 1 aromatic carbocycles. The molecule has 1 saturated heterocycles. The molecule has 0 atom stereocenters. The maximum atomic E-state index is 12.8. The van der Waals surface area contributed by atoms with Crippen molar-refractivity contribution in [1.29, 1.82) is 5.26 Å². The topological polar surface area (TPSA) is 106 Å². The first kappa shape index (κ1) is 17.7. The number of H-pyrrole nitrogens is 1. The van der Waals surface area contributed by atoms with Crippen LogP contribution in [-0.2, 0) is 11.2 Å². The zero-order chi connectivity index (χ0) is 19.5. The lowest BCUT2D eigenvalue weighted by molar-refractivity contribution is -0.130. The van der Waals surface area contributed by atoms with Crippen molar-refractivity contribution < 1.29 is 4.79 Å². The van der Waals surface area contributed by atoms with Crippen molar-refractivity contribution in [3.05, 3.63) is 64.2 Å². The Morgan fingerprint density at radius 1 is 1.14 bits per heavy atom. The quantitative estimate of drug-likeness (QED) is 0.735. The molecule has 0 bridgehead atoms. The summed E-state index contributed by atoms with van der Waals surface area (Å²) in [6, 6.07) is 12.7. The zero-order valence-corrected chi connectivity index (χ0v) is 15.1. The predicted octanol–water partition coefficient (Wildman–Crippen LogP) is 1.08. The fourth-order valence-corrected chi connectivity index (χ4v) is 3.41. The van der Waals surface area contributed by atoms with Crippen LogP contribution in [0.2, 0.25) is 0 Å². The molecule has 1 fully saturated rings. The van der Waals surface area contributed by atoms with Gasteiger partial charge in [0.25, 0.3) is 5.56 Å². The van der Waals surface area contributed by atoms with Crippen molar-refractivity contribution in [3.63, 3.8) is 0 Å². The van der Waals surface area contributed by atoms with E-state index in [-0.39, 0.29) is 17.9 Å². The monoisotopic (exact) mass is 374 g/mol. The Labute approximate surface area is 161 Å². The van der Waals surface area contributed by atoms with Crippen molar-refractivity contribution >= 4 is 22.5 Å². The molecule has 28 heavy (non-hydrogen) atoms. The first-order valence-electron chi connectivity index (χ1n) is 9.01. The maximum Gasteiger partial charge on any atom is 0.272 e. The number of pyridine rings is 1. The van der Waals surface area contributed by atoms with Gasteiger partial charge in [-0.05, 0) is 18.2 Å². The van der Waals surface area contributed by atoms with Gasteiger partial charge in [0, 0.05) is 37.8 Å². The van der Waals surface area contributed by atoms with Crippen molar-refractivity contribution in [2.45, 2.75) is 6.42 Å². The molecule has 0 saturated carbocycles. The van der Waals surface area contributed by atoms with E-state index >= 15 is 0 Å². The first-order valence-corrected chi connectivity index (χ1v) is 9.01. The molecule has 0 unspecified atom stereocenters. The Bertz CT molecular complexity index is 1130. The third-order valence-corrected chi connectivity index (χ3v) is 4.92. The number of carbonyl (C=O) groups is 1. The largest absolute Gasteiger partial charge is 0.353 e. The summed E-state index contributed by atoms with van der Waals surface area (Å²) < 4.78 is 0. The van der Waals surface area contributed by atoms with Gasteiger partial charge in [-0.25, -0.2) is 10.1 Å². The Hall–Kier alpha value is -3.73. The lowest BCUT2D eigenvalue weighted by Gasteiger charge is -2.35. The highest BCUT2D eigenvalue weighted by Crippen LogP contribution is 2.17. The molecule has 3 aromatic rings. The van der Waals surface area contributed by atoms with Crippen LogP contribution in [0.25, 0.3) is 10.8 Å². The molecule has 140 valence electrons. The minimum absolute atomic E-state index is 0.0249. The van der Waals surface area contributed by atoms with Gasteiger partial charge in [-0.3, -0.25) is 9.59 Å². The number of fused-ring (bicyclic) bond motifs is 1. The molecule has 8 heteroatoms. The number of aromatic amines is 1. The summed E-state index contributed by atoms with van der Waals surface area (Å²) in [6.07, 6.45) is 1.76. The van der Waals surface area contributed by atoms with E-state index in [1.807, 2.05) is 12.1 Å². The molecule has 3 heterocycles. The molecular weight excluding hydrogens is 356 g/mol. The van der Waals surface area contributed by atoms with Crippen molar-refractivity contribution in [2.24, 2.45) is 0 Å². The molecule has 0 radical (unpaired) electrons. The minimum atomic E-state index is -0.257. The van der Waals surface area contributed by atoms with Gasteiger partial charge >= 0.3 is 0 Å². The molecule has 0 aliphatic carbocycles. The molecule has 0 spiro atoms. The molecule has 8 nitrogen and oxygen atoms in total. The average Bonchev–Trinajstić information content (AvgIpc) is 2.76. The summed E-state index contributed by atoms with van der Waals surface area (Å²) in [5, 5.41) is 16.8. The van der Waals surface area contributed by atoms with Gasteiger partial charge < -0.3 is 9.80 Å². The molecule has 4 rings (SSSR count). The third kappa shape index (κ3) is 3.42. The number of hydrogen-bond donors (Lipinski definition) is 1. The van der Waals surface area contributed by atoms with E-state index in [1.165, 1.54) is 0 Å². The molecular formula is C20H18N6O2. The highest BCUT2D eigenvalue weighted by molar-refractivity contribution is 5.88. The summed E-state index contributed by atoms with van der Waals surface area (Å²) in [5.74, 6) is 0.725. The van der Waals surface area contributed by atoms with Gasteiger partial charge in [0.05, 0.1) is 29.1 Å². The lowest BCUT2D eigenvalue weighted by Crippen LogP contribution is -2.49. The number of nitriles is 1. The summed E-state index contributed by atoms with van der Waals surface area (Å²) in [6.45, 7) is 2.43. The number of carbonyl (C=O) groups excluding carboxylic acids is 1. The number of nitrogens with one attached hydrogen (secondary N) is 1. The normalized spacial score (nSPS) is 14.1. The number of nitrogens with zero attached hydrogens (tertiary/aromatic N) is 5. The van der Waals surface area contributed by atoms with E-state index in [2.05, 4.69) is 26.2 Å². The first-order chi connectivity index (χ1) is 13.7. The van der Waals surface area contributed by atoms with E-state index in [1.54, 1.807) is 35.4 Å². The third-order valence-electron chi connectivity index (χ3n) is 4.92. The Balaban J connectivity index is 1.44. The van der Waals surface area contributed by atoms with E-state index in [0.29, 0.717) is 48.2 Å². The number of aromatic nitrogens is 3. The SMILES string of the molecule is N#Cc1ccnc(N2CCN(C(=O)Cc3n[nH]c(=O)c4ccccc34)CC2)c1. The van der Waals surface area contributed by atoms with Crippen LogP contribution in [0, 0.1) is 11.3 Å². The predicted molar refractivity (Wildman–Crippen MR) is 104 cm³/mol. The Morgan fingerprint density at radius 2 is 1.89 bits per heavy atom. The molecule has 1 N–H and O–H groups in total. The number of amides is 1. The Morgan fingerprint density at radius 3 is 2.64 bits per heavy atom. The minimum Gasteiger partial charge on any atom is -0.353 e. The number of rotatable bonds is 3. The van der Waals surface area contributed by atoms with Crippen LogP contribution in [0.1, 0.15) is 11.3 Å². The van der Waals surface area contributed by atoms with E-state index in [9.17, 15) is 9.59 Å².